The minimum atomic E-state index is 0.241. The topological polar surface area (TPSA) is 70.4 Å². The number of carbonyl (C=O) groups is 1. The Kier molecular flexibility index (Phi) is 6.08. The lowest BCUT2D eigenvalue weighted by Gasteiger charge is -2.36. The van der Waals surface area contributed by atoms with Gasteiger partial charge in [0, 0.05) is 45.5 Å². The van der Waals surface area contributed by atoms with Gasteiger partial charge in [0.15, 0.2) is 5.65 Å². The van der Waals surface area contributed by atoms with Crippen molar-refractivity contribution >= 4 is 22.8 Å². The van der Waals surface area contributed by atoms with Gasteiger partial charge in [0.2, 0.25) is 5.91 Å². The number of rotatable bonds is 6. The van der Waals surface area contributed by atoms with Crippen LogP contribution in [-0.4, -0.2) is 74.7 Å². The van der Waals surface area contributed by atoms with Crippen LogP contribution in [0.15, 0.2) is 24.3 Å². The van der Waals surface area contributed by atoms with E-state index in [0.717, 1.165) is 68.8 Å². The summed E-state index contributed by atoms with van der Waals surface area (Å²) in [6.45, 7) is 6.88. The van der Waals surface area contributed by atoms with Gasteiger partial charge in [0.1, 0.15) is 12.1 Å². The van der Waals surface area contributed by atoms with Gasteiger partial charge >= 0.3 is 0 Å². The maximum absolute atomic E-state index is 13.0. The number of carbonyl (C=O) groups excluding carboxylic acids is 1. The van der Waals surface area contributed by atoms with Crippen LogP contribution >= 0.6 is 0 Å². The molecule has 1 amide bonds. The molecule has 156 valence electrons. The summed E-state index contributed by atoms with van der Waals surface area (Å²) in [5.74, 6) is 1.18. The Balaban J connectivity index is 1.37. The van der Waals surface area contributed by atoms with Crippen LogP contribution in [-0.2, 0) is 11.8 Å². The van der Waals surface area contributed by atoms with Crippen molar-refractivity contribution in [1.82, 2.24) is 29.5 Å². The Morgan fingerprint density at radius 3 is 2.72 bits per heavy atom. The van der Waals surface area contributed by atoms with Crippen LogP contribution < -0.4 is 4.90 Å². The van der Waals surface area contributed by atoms with E-state index in [0.29, 0.717) is 6.54 Å². The van der Waals surface area contributed by atoms with E-state index in [9.17, 15) is 4.79 Å². The fourth-order valence-corrected chi connectivity index (χ4v) is 4.31. The SMILES string of the molecule is CCCN(C(=O)CN1CCN(c2ncnc3c2cnn3C)CC1)C1=CCCCC1. The van der Waals surface area contributed by atoms with Gasteiger partial charge in [0.05, 0.1) is 18.1 Å². The number of anilines is 1. The average molecular weight is 398 g/mol. The van der Waals surface area contributed by atoms with Crippen molar-refractivity contribution in [2.45, 2.75) is 39.0 Å². The van der Waals surface area contributed by atoms with Crippen molar-refractivity contribution in [3.8, 4) is 0 Å². The molecule has 1 aliphatic carbocycles. The molecule has 8 heteroatoms. The molecule has 3 heterocycles. The zero-order valence-electron chi connectivity index (χ0n) is 17.5. The quantitative estimate of drug-likeness (QED) is 0.744. The standard InChI is InChI=1S/C21H31N7O/c1-3-9-28(17-7-5-4-6-8-17)19(29)15-26-10-12-27(13-11-26)21-18-14-24-25(2)20(18)22-16-23-21/h7,14,16H,3-6,8-13,15H2,1-2H3. The lowest BCUT2D eigenvalue weighted by atomic mass is 10.0. The van der Waals surface area contributed by atoms with Crippen molar-refractivity contribution in [3.63, 3.8) is 0 Å². The Hall–Kier alpha value is -2.48. The van der Waals surface area contributed by atoms with Gasteiger partial charge in [-0.1, -0.05) is 13.0 Å². The molecular formula is C21H31N7O. The zero-order chi connectivity index (χ0) is 20.2. The molecule has 0 bridgehead atoms. The third-order valence-corrected chi connectivity index (χ3v) is 5.90. The molecule has 1 fully saturated rings. The van der Waals surface area contributed by atoms with Crippen molar-refractivity contribution in [1.29, 1.82) is 0 Å². The molecule has 1 saturated heterocycles. The highest BCUT2D eigenvalue weighted by molar-refractivity contribution is 5.86. The number of aromatic nitrogens is 4. The first-order valence-electron chi connectivity index (χ1n) is 10.8. The number of hydrogen-bond donors (Lipinski definition) is 0. The average Bonchev–Trinajstić information content (AvgIpc) is 3.14. The second-order valence-corrected chi connectivity index (χ2v) is 7.95. The van der Waals surface area contributed by atoms with E-state index in [1.807, 2.05) is 18.1 Å². The van der Waals surface area contributed by atoms with Crippen LogP contribution in [0.5, 0.6) is 0 Å². The van der Waals surface area contributed by atoms with Gasteiger partial charge in [-0.15, -0.1) is 0 Å². The molecular weight excluding hydrogens is 366 g/mol. The van der Waals surface area contributed by atoms with Crippen LogP contribution in [0.1, 0.15) is 39.0 Å². The number of aryl methyl sites for hydroxylation is 1. The lowest BCUT2D eigenvalue weighted by Crippen LogP contribution is -2.50. The van der Waals surface area contributed by atoms with Crippen molar-refractivity contribution in [2.75, 3.05) is 44.2 Å². The number of allylic oxidation sites excluding steroid dienone is 2. The second kappa shape index (κ2) is 8.90. The third-order valence-electron chi connectivity index (χ3n) is 5.90. The van der Waals surface area contributed by atoms with E-state index in [1.54, 1.807) is 11.0 Å². The first-order valence-corrected chi connectivity index (χ1v) is 10.8. The summed E-state index contributed by atoms with van der Waals surface area (Å²) in [6, 6.07) is 0. The molecule has 2 aliphatic rings. The summed E-state index contributed by atoms with van der Waals surface area (Å²) >= 11 is 0. The Morgan fingerprint density at radius 1 is 1.17 bits per heavy atom. The molecule has 0 radical (unpaired) electrons. The summed E-state index contributed by atoms with van der Waals surface area (Å²) in [5.41, 5.74) is 2.09. The normalized spacial score (nSPS) is 18.1. The van der Waals surface area contributed by atoms with Crippen molar-refractivity contribution in [3.05, 3.63) is 24.3 Å². The van der Waals surface area contributed by atoms with E-state index < -0.39 is 0 Å². The maximum atomic E-state index is 13.0. The van der Waals surface area contributed by atoms with E-state index >= 15 is 0 Å². The van der Waals surface area contributed by atoms with E-state index in [1.165, 1.54) is 18.5 Å². The Bertz CT molecular complexity index is 882. The summed E-state index contributed by atoms with van der Waals surface area (Å²) in [7, 11) is 1.90. The molecule has 2 aromatic rings. The molecule has 8 nitrogen and oxygen atoms in total. The minimum absolute atomic E-state index is 0.241. The molecule has 0 atom stereocenters. The van der Waals surface area contributed by atoms with E-state index in [-0.39, 0.29) is 5.91 Å². The van der Waals surface area contributed by atoms with Gasteiger partial charge in [-0.2, -0.15) is 5.10 Å². The van der Waals surface area contributed by atoms with Crippen LogP contribution in [0.3, 0.4) is 0 Å². The Morgan fingerprint density at radius 2 is 2.00 bits per heavy atom. The molecule has 0 aromatic carbocycles. The first kappa shape index (κ1) is 19.8. The molecule has 4 rings (SSSR count). The van der Waals surface area contributed by atoms with Crippen molar-refractivity contribution in [2.24, 2.45) is 7.05 Å². The fraction of sp³-hybridized carbons (Fsp3) is 0.619. The third kappa shape index (κ3) is 4.27. The van der Waals surface area contributed by atoms with Crippen LogP contribution in [0.25, 0.3) is 11.0 Å². The summed E-state index contributed by atoms with van der Waals surface area (Å²) in [4.78, 5) is 28.4. The molecule has 1 aliphatic heterocycles. The zero-order valence-corrected chi connectivity index (χ0v) is 17.5. The minimum Gasteiger partial charge on any atom is -0.353 e. The molecule has 0 N–H and O–H groups in total. The lowest BCUT2D eigenvalue weighted by molar-refractivity contribution is -0.130. The Labute approximate surface area is 172 Å². The number of fused-ring (bicyclic) bond motifs is 1. The molecule has 29 heavy (non-hydrogen) atoms. The highest BCUT2D eigenvalue weighted by Crippen LogP contribution is 2.24. The van der Waals surface area contributed by atoms with E-state index in [2.05, 4.69) is 37.9 Å². The first-order chi connectivity index (χ1) is 14.2. The highest BCUT2D eigenvalue weighted by Gasteiger charge is 2.25. The van der Waals surface area contributed by atoms with Crippen molar-refractivity contribution < 1.29 is 4.79 Å². The number of hydrogen-bond acceptors (Lipinski definition) is 6. The predicted octanol–water partition coefficient (Wildman–Crippen LogP) is 2.18. The van der Waals surface area contributed by atoms with Gasteiger partial charge in [-0.05, 0) is 32.1 Å². The van der Waals surface area contributed by atoms with E-state index in [4.69, 9.17) is 0 Å². The number of piperazine rings is 1. The van der Waals surface area contributed by atoms with Crippen LogP contribution in [0, 0.1) is 0 Å². The molecule has 2 aromatic heterocycles. The predicted molar refractivity (Wildman–Crippen MR) is 114 cm³/mol. The molecule has 0 saturated carbocycles. The van der Waals surface area contributed by atoms with Crippen LogP contribution in [0.2, 0.25) is 0 Å². The molecule has 0 unspecified atom stereocenters. The monoisotopic (exact) mass is 397 g/mol. The summed E-state index contributed by atoms with van der Waals surface area (Å²) in [5, 5.41) is 5.29. The highest BCUT2D eigenvalue weighted by atomic mass is 16.2. The number of nitrogens with zero attached hydrogens (tertiary/aromatic N) is 7. The fourth-order valence-electron chi connectivity index (χ4n) is 4.31. The molecule has 0 spiro atoms. The van der Waals surface area contributed by atoms with Crippen LogP contribution in [0.4, 0.5) is 5.82 Å². The second-order valence-electron chi connectivity index (χ2n) is 7.95. The summed E-state index contributed by atoms with van der Waals surface area (Å²) < 4.78 is 1.78. The van der Waals surface area contributed by atoms with Gasteiger partial charge in [-0.25, -0.2) is 9.97 Å². The smallest absolute Gasteiger partial charge is 0.240 e. The van der Waals surface area contributed by atoms with Gasteiger partial charge in [-0.3, -0.25) is 14.4 Å². The maximum Gasteiger partial charge on any atom is 0.240 e. The largest absolute Gasteiger partial charge is 0.353 e. The summed E-state index contributed by atoms with van der Waals surface area (Å²) in [6.07, 6.45) is 11.3. The van der Waals surface area contributed by atoms with Gasteiger partial charge in [0.25, 0.3) is 0 Å². The number of amides is 1. The van der Waals surface area contributed by atoms with Gasteiger partial charge < -0.3 is 9.80 Å².